The Morgan fingerprint density at radius 2 is 1.89 bits per heavy atom. The van der Waals surface area contributed by atoms with Crippen molar-refractivity contribution < 1.29 is 4.74 Å². The number of ether oxygens (including phenoxy) is 1. The number of hydrazone groups is 1. The van der Waals surface area contributed by atoms with Gasteiger partial charge in [0.15, 0.2) is 11.5 Å². The van der Waals surface area contributed by atoms with Gasteiger partial charge in [0.05, 0.1) is 25.1 Å². The standard InChI is InChI=1S/C27H31N7O/c1-4-32(3)23-10-8-22(9-11-23)24-17-26-29-25(30-28-19-21-7-5-6-20(2)16-21)18-27(34(26)31-24)33-12-14-35-15-13-33/h5-11,16-19H,4,12-15H2,1-3H3,(H,29,30)/b28-19+. The number of morpholine rings is 1. The summed E-state index contributed by atoms with van der Waals surface area (Å²) >= 11 is 0. The van der Waals surface area contributed by atoms with Gasteiger partial charge in [-0.3, -0.25) is 5.43 Å². The average molecular weight is 470 g/mol. The van der Waals surface area contributed by atoms with Gasteiger partial charge >= 0.3 is 0 Å². The van der Waals surface area contributed by atoms with E-state index in [9.17, 15) is 0 Å². The molecule has 2 aromatic carbocycles. The molecule has 8 nitrogen and oxygen atoms in total. The molecule has 0 amide bonds. The molecular formula is C27H31N7O. The summed E-state index contributed by atoms with van der Waals surface area (Å²) in [5.41, 5.74) is 9.25. The second-order valence-corrected chi connectivity index (χ2v) is 8.74. The van der Waals surface area contributed by atoms with E-state index in [4.69, 9.17) is 14.8 Å². The molecular weight excluding hydrogens is 438 g/mol. The van der Waals surface area contributed by atoms with Gasteiger partial charge in [-0.15, -0.1) is 0 Å². The second-order valence-electron chi connectivity index (χ2n) is 8.74. The average Bonchev–Trinajstić information content (AvgIpc) is 3.33. The highest BCUT2D eigenvalue weighted by molar-refractivity contribution is 5.80. The zero-order valence-corrected chi connectivity index (χ0v) is 20.5. The summed E-state index contributed by atoms with van der Waals surface area (Å²) in [6, 6.07) is 20.7. The van der Waals surface area contributed by atoms with Crippen LogP contribution in [0.3, 0.4) is 0 Å². The van der Waals surface area contributed by atoms with Crippen molar-refractivity contribution in [2.24, 2.45) is 5.10 Å². The van der Waals surface area contributed by atoms with Gasteiger partial charge in [0.2, 0.25) is 0 Å². The molecule has 1 fully saturated rings. The monoisotopic (exact) mass is 469 g/mol. The number of hydrogen-bond donors (Lipinski definition) is 1. The van der Waals surface area contributed by atoms with Gasteiger partial charge in [-0.2, -0.15) is 14.7 Å². The molecule has 0 aliphatic carbocycles. The first-order valence-corrected chi connectivity index (χ1v) is 12.0. The maximum Gasteiger partial charge on any atom is 0.160 e. The summed E-state index contributed by atoms with van der Waals surface area (Å²) in [4.78, 5) is 9.28. The topological polar surface area (TPSA) is 70.3 Å². The normalized spacial score (nSPS) is 14.1. The van der Waals surface area contributed by atoms with Crippen LogP contribution >= 0.6 is 0 Å². The predicted molar refractivity (Wildman–Crippen MR) is 143 cm³/mol. The molecule has 180 valence electrons. The van der Waals surface area contributed by atoms with Crippen molar-refractivity contribution in [1.82, 2.24) is 14.6 Å². The van der Waals surface area contributed by atoms with Crippen LogP contribution in [-0.2, 0) is 4.74 Å². The van der Waals surface area contributed by atoms with Gasteiger partial charge in [-0.05, 0) is 31.5 Å². The van der Waals surface area contributed by atoms with E-state index in [1.165, 1.54) is 11.3 Å². The molecule has 4 aromatic rings. The first-order chi connectivity index (χ1) is 17.1. The highest BCUT2D eigenvalue weighted by Crippen LogP contribution is 2.27. The molecule has 0 saturated carbocycles. The lowest BCUT2D eigenvalue weighted by atomic mass is 10.1. The van der Waals surface area contributed by atoms with Crippen molar-refractivity contribution in [1.29, 1.82) is 0 Å². The first-order valence-electron chi connectivity index (χ1n) is 12.0. The SMILES string of the molecule is CCN(C)c1ccc(-c2cc3nc(N/N=C/c4cccc(C)c4)cc(N4CCOCC4)n3n2)cc1. The summed E-state index contributed by atoms with van der Waals surface area (Å²) in [5.74, 6) is 1.65. The van der Waals surface area contributed by atoms with E-state index in [2.05, 4.69) is 77.6 Å². The van der Waals surface area contributed by atoms with Crippen molar-refractivity contribution >= 4 is 29.2 Å². The number of nitrogens with one attached hydrogen (secondary N) is 1. The molecule has 1 saturated heterocycles. The minimum atomic E-state index is 0.675. The zero-order valence-electron chi connectivity index (χ0n) is 20.5. The van der Waals surface area contributed by atoms with E-state index < -0.39 is 0 Å². The van der Waals surface area contributed by atoms with Crippen LogP contribution in [-0.4, -0.2) is 60.7 Å². The Bertz CT molecular complexity index is 1320. The molecule has 2 aromatic heterocycles. The van der Waals surface area contributed by atoms with Crippen molar-refractivity contribution in [3.8, 4) is 11.3 Å². The predicted octanol–water partition coefficient (Wildman–Crippen LogP) is 4.44. The van der Waals surface area contributed by atoms with E-state index in [-0.39, 0.29) is 0 Å². The van der Waals surface area contributed by atoms with E-state index in [1.807, 2.05) is 35.0 Å². The van der Waals surface area contributed by atoms with Crippen LogP contribution in [0.4, 0.5) is 17.3 Å². The molecule has 0 spiro atoms. The highest BCUT2D eigenvalue weighted by Gasteiger charge is 2.18. The fourth-order valence-corrected chi connectivity index (χ4v) is 4.17. The number of fused-ring (bicyclic) bond motifs is 1. The van der Waals surface area contributed by atoms with Crippen LogP contribution in [0.1, 0.15) is 18.1 Å². The summed E-state index contributed by atoms with van der Waals surface area (Å²) in [7, 11) is 2.09. The maximum absolute atomic E-state index is 5.57. The molecule has 1 aliphatic heterocycles. The lowest BCUT2D eigenvalue weighted by Gasteiger charge is -2.29. The maximum atomic E-state index is 5.57. The molecule has 3 heterocycles. The van der Waals surface area contributed by atoms with Crippen LogP contribution < -0.4 is 15.2 Å². The van der Waals surface area contributed by atoms with Gasteiger partial charge in [0.1, 0.15) is 5.82 Å². The van der Waals surface area contributed by atoms with E-state index >= 15 is 0 Å². The molecule has 0 atom stereocenters. The van der Waals surface area contributed by atoms with Crippen LogP contribution in [0.2, 0.25) is 0 Å². The van der Waals surface area contributed by atoms with Crippen LogP contribution in [0.15, 0.2) is 65.8 Å². The van der Waals surface area contributed by atoms with Gasteiger partial charge < -0.3 is 14.5 Å². The van der Waals surface area contributed by atoms with Crippen molar-refractivity contribution in [2.75, 3.05) is 55.1 Å². The fourth-order valence-electron chi connectivity index (χ4n) is 4.17. The number of rotatable bonds is 7. The van der Waals surface area contributed by atoms with Gasteiger partial charge in [0.25, 0.3) is 0 Å². The van der Waals surface area contributed by atoms with Gasteiger partial charge in [-0.1, -0.05) is 42.0 Å². The number of benzene rings is 2. The summed E-state index contributed by atoms with van der Waals surface area (Å²) in [5, 5.41) is 9.35. The highest BCUT2D eigenvalue weighted by atomic mass is 16.5. The van der Waals surface area contributed by atoms with Gasteiger partial charge in [-0.25, -0.2) is 4.98 Å². The minimum absolute atomic E-state index is 0.675. The van der Waals surface area contributed by atoms with Crippen molar-refractivity contribution in [3.63, 3.8) is 0 Å². The summed E-state index contributed by atoms with van der Waals surface area (Å²) < 4.78 is 7.49. The van der Waals surface area contributed by atoms with Crippen LogP contribution in [0.5, 0.6) is 0 Å². The molecule has 35 heavy (non-hydrogen) atoms. The summed E-state index contributed by atoms with van der Waals surface area (Å²) in [6.07, 6.45) is 1.81. The van der Waals surface area contributed by atoms with Crippen LogP contribution in [0.25, 0.3) is 16.9 Å². The Morgan fingerprint density at radius 3 is 2.63 bits per heavy atom. The first kappa shape index (κ1) is 22.9. The lowest BCUT2D eigenvalue weighted by molar-refractivity contribution is 0.122. The number of anilines is 3. The third-order valence-electron chi connectivity index (χ3n) is 6.26. The smallest absolute Gasteiger partial charge is 0.160 e. The Balaban J connectivity index is 1.48. The van der Waals surface area contributed by atoms with E-state index in [1.54, 1.807) is 0 Å². The fraction of sp³-hybridized carbons (Fsp3) is 0.296. The van der Waals surface area contributed by atoms with Crippen molar-refractivity contribution in [3.05, 3.63) is 71.8 Å². The molecule has 8 heteroatoms. The Labute approximate surface area is 205 Å². The molecule has 0 unspecified atom stereocenters. The molecule has 1 N–H and O–H groups in total. The Kier molecular flexibility index (Phi) is 6.63. The van der Waals surface area contributed by atoms with Crippen LogP contribution in [0, 0.1) is 6.92 Å². The minimum Gasteiger partial charge on any atom is -0.378 e. The van der Waals surface area contributed by atoms with Crippen molar-refractivity contribution in [2.45, 2.75) is 13.8 Å². The quantitative estimate of drug-likeness (QED) is 0.319. The second kappa shape index (κ2) is 10.1. The zero-order chi connectivity index (χ0) is 24.2. The summed E-state index contributed by atoms with van der Waals surface area (Å²) in [6.45, 7) is 8.17. The molecule has 0 bridgehead atoms. The third-order valence-corrected chi connectivity index (χ3v) is 6.26. The van der Waals surface area contributed by atoms with E-state index in [0.29, 0.717) is 19.0 Å². The number of aromatic nitrogens is 3. The number of nitrogens with zero attached hydrogens (tertiary/aromatic N) is 6. The Hall–Kier alpha value is -3.91. The third kappa shape index (κ3) is 5.12. The molecule has 0 radical (unpaired) electrons. The largest absolute Gasteiger partial charge is 0.378 e. The number of aryl methyl sites for hydroxylation is 1. The molecule has 1 aliphatic rings. The Morgan fingerprint density at radius 1 is 1.09 bits per heavy atom. The van der Waals surface area contributed by atoms with Gasteiger partial charge in [0, 0.05) is 50.1 Å². The molecule has 5 rings (SSSR count). The number of hydrogen-bond acceptors (Lipinski definition) is 7. The lowest BCUT2D eigenvalue weighted by Crippen LogP contribution is -2.37. The van der Waals surface area contributed by atoms with E-state index in [0.717, 1.165) is 47.9 Å².